The van der Waals surface area contributed by atoms with Crippen LogP contribution in [0.3, 0.4) is 0 Å². The lowest BCUT2D eigenvalue weighted by molar-refractivity contribution is -0.122. The number of aryl methyl sites for hydroxylation is 1. The molecule has 0 spiro atoms. The Hall–Kier alpha value is -1.14. The number of carbonyl (C=O) groups excluding carboxylic acids is 1. The van der Waals surface area contributed by atoms with E-state index in [1.807, 2.05) is 6.92 Å². The first-order valence-electron chi connectivity index (χ1n) is 7.64. The van der Waals surface area contributed by atoms with Crippen molar-refractivity contribution in [2.75, 3.05) is 6.54 Å². The summed E-state index contributed by atoms with van der Waals surface area (Å²) in [6, 6.07) is 0. The highest BCUT2D eigenvalue weighted by atomic mass is 32.1. The van der Waals surface area contributed by atoms with Gasteiger partial charge in [-0.3, -0.25) is 9.59 Å². The van der Waals surface area contributed by atoms with Crippen LogP contribution in [0.2, 0.25) is 0 Å². The van der Waals surface area contributed by atoms with Gasteiger partial charge in [0.05, 0.1) is 5.60 Å². The summed E-state index contributed by atoms with van der Waals surface area (Å²) in [5.41, 5.74) is 0.140. The summed E-state index contributed by atoms with van der Waals surface area (Å²) in [6.45, 7) is 2.59. The molecular weight excluding hydrogens is 288 g/mol. The molecule has 5 nitrogen and oxygen atoms in total. The lowest BCUT2D eigenvalue weighted by Crippen LogP contribution is -2.42. The van der Waals surface area contributed by atoms with Crippen molar-refractivity contribution < 1.29 is 9.90 Å². The highest BCUT2D eigenvalue weighted by Crippen LogP contribution is 2.26. The molecule has 21 heavy (non-hydrogen) atoms. The second kappa shape index (κ2) is 7.22. The summed E-state index contributed by atoms with van der Waals surface area (Å²) in [5, 5.41) is 15.1. The van der Waals surface area contributed by atoms with Crippen molar-refractivity contribution >= 4 is 17.2 Å². The molecular formula is C15H24N2O3S. The molecule has 1 heterocycles. The summed E-state index contributed by atoms with van der Waals surface area (Å²) < 4.78 is 1.62. The molecule has 1 aliphatic carbocycles. The van der Waals surface area contributed by atoms with Gasteiger partial charge < -0.3 is 15.0 Å². The number of amides is 1. The topological polar surface area (TPSA) is 71.3 Å². The van der Waals surface area contributed by atoms with E-state index in [0.29, 0.717) is 13.1 Å². The first-order chi connectivity index (χ1) is 10.0. The normalized spacial score (nSPS) is 18.2. The molecule has 1 aliphatic rings. The number of aliphatic hydroxyl groups is 1. The van der Waals surface area contributed by atoms with Gasteiger partial charge in [0.15, 0.2) is 0 Å². The van der Waals surface area contributed by atoms with Crippen molar-refractivity contribution in [1.82, 2.24) is 9.88 Å². The quantitative estimate of drug-likeness (QED) is 0.815. The second-order valence-electron chi connectivity index (χ2n) is 5.96. The minimum absolute atomic E-state index is 0.0253. The third kappa shape index (κ3) is 4.68. The molecule has 0 bridgehead atoms. The van der Waals surface area contributed by atoms with Crippen molar-refractivity contribution in [3.8, 4) is 0 Å². The van der Waals surface area contributed by atoms with Gasteiger partial charge in [-0.1, -0.05) is 37.0 Å². The molecule has 2 rings (SSSR count). The third-order valence-electron chi connectivity index (χ3n) is 4.19. The van der Waals surface area contributed by atoms with Gasteiger partial charge in [0, 0.05) is 30.6 Å². The molecule has 2 N–H and O–H groups in total. The average molecular weight is 312 g/mol. The van der Waals surface area contributed by atoms with Crippen LogP contribution in [-0.4, -0.2) is 27.7 Å². The van der Waals surface area contributed by atoms with Crippen LogP contribution in [0.25, 0.3) is 0 Å². The Morgan fingerprint density at radius 1 is 1.38 bits per heavy atom. The van der Waals surface area contributed by atoms with Crippen LogP contribution < -0.4 is 10.2 Å². The minimum Gasteiger partial charge on any atom is -0.388 e. The average Bonchev–Trinajstić information content (AvgIpc) is 2.65. The van der Waals surface area contributed by atoms with E-state index in [0.717, 1.165) is 55.6 Å². The predicted molar refractivity (Wildman–Crippen MR) is 83.6 cm³/mol. The molecule has 0 atom stereocenters. The van der Waals surface area contributed by atoms with Crippen LogP contribution in [0.1, 0.15) is 50.6 Å². The summed E-state index contributed by atoms with van der Waals surface area (Å²) in [7, 11) is 0. The maximum atomic E-state index is 11.9. The first-order valence-corrected chi connectivity index (χ1v) is 8.52. The Morgan fingerprint density at radius 3 is 2.62 bits per heavy atom. The summed E-state index contributed by atoms with van der Waals surface area (Å²) >= 11 is 1.16. The molecule has 0 aromatic carbocycles. The maximum absolute atomic E-state index is 11.9. The number of nitrogens with zero attached hydrogens (tertiary/aromatic N) is 1. The third-order valence-corrected chi connectivity index (χ3v) is 5.07. The fourth-order valence-corrected chi connectivity index (χ4v) is 3.56. The van der Waals surface area contributed by atoms with Crippen LogP contribution in [-0.2, 0) is 11.3 Å². The number of thiazole rings is 1. The van der Waals surface area contributed by atoms with E-state index in [1.54, 1.807) is 9.95 Å². The van der Waals surface area contributed by atoms with Gasteiger partial charge in [-0.15, -0.1) is 0 Å². The van der Waals surface area contributed by atoms with Crippen LogP contribution in [0.4, 0.5) is 0 Å². The Kier molecular flexibility index (Phi) is 5.58. The highest BCUT2D eigenvalue weighted by Gasteiger charge is 2.28. The molecule has 1 aromatic heterocycles. The zero-order chi connectivity index (χ0) is 15.3. The Balaban J connectivity index is 1.78. The molecule has 0 saturated heterocycles. The van der Waals surface area contributed by atoms with Gasteiger partial charge in [-0.25, -0.2) is 0 Å². The molecule has 6 heteroatoms. The predicted octanol–water partition coefficient (Wildman–Crippen LogP) is 1.81. The van der Waals surface area contributed by atoms with E-state index < -0.39 is 5.60 Å². The van der Waals surface area contributed by atoms with Crippen molar-refractivity contribution in [2.45, 2.75) is 64.0 Å². The van der Waals surface area contributed by atoms with Crippen LogP contribution in [0, 0.1) is 6.92 Å². The molecule has 0 aliphatic heterocycles. The Labute approximate surface area is 129 Å². The van der Waals surface area contributed by atoms with Gasteiger partial charge in [0.25, 0.3) is 0 Å². The summed E-state index contributed by atoms with van der Waals surface area (Å²) in [4.78, 5) is 23.4. The monoisotopic (exact) mass is 312 g/mol. The number of nitrogens with one attached hydrogen (secondary N) is 1. The van der Waals surface area contributed by atoms with Gasteiger partial charge in [0.2, 0.25) is 5.91 Å². The van der Waals surface area contributed by atoms with Crippen molar-refractivity contribution in [3.05, 3.63) is 20.7 Å². The fourth-order valence-electron chi connectivity index (χ4n) is 2.80. The van der Waals surface area contributed by atoms with E-state index in [9.17, 15) is 14.7 Å². The standard InChI is InChI=1S/C15H24N2O3S/c1-12-10-21-14(19)17(12)9-6-13(18)16-11-15(20)7-4-2-3-5-8-15/h10,20H,2-9,11H2,1H3,(H,16,18). The van der Waals surface area contributed by atoms with Gasteiger partial charge in [-0.05, 0) is 19.8 Å². The Bertz CT molecular complexity index is 527. The zero-order valence-electron chi connectivity index (χ0n) is 12.6. The van der Waals surface area contributed by atoms with Gasteiger partial charge >= 0.3 is 4.87 Å². The van der Waals surface area contributed by atoms with E-state index in [2.05, 4.69) is 5.32 Å². The molecule has 0 unspecified atom stereocenters. The first kappa shape index (κ1) is 16.2. The van der Waals surface area contributed by atoms with E-state index in [4.69, 9.17) is 0 Å². The number of aromatic nitrogens is 1. The SMILES string of the molecule is Cc1csc(=O)n1CCC(=O)NCC1(O)CCCCCC1. The van der Waals surface area contributed by atoms with E-state index in [-0.39, 0.29) is 17.2 Å². The van der Waals surface area contributed by atoms with Crippen LogP contribution in [0.5, 0.6) is 0 Å². The number of rotatable bonds is 5. The van der Waals surface area contributed by atoms with E-state index in [1.165, 1.54) is 0 Å². The number of hydrogen-bond acceptors (Lipinski definition) is 4. The van der Waals surface area contributed by atoms with Crippen molar-refractivity contribution in [2.24, 2.45) is 0 Å². The number of hydrogen-bond donors (Lipinski definition) is 2. The fraction of sp³-hybridized carbons (Fsp3) is 0.733. The Morgan fingerprint density at radius 2 is 2.05 bits per heavy atom. The molecule has 0 radical (unpaired) electrons. The smallest absolute Gasteiger partial charge is 0.307 e. The van der Waals surface area contributed by atoms with E-state index >= 15 is 0 Å². The van der Waals surface area contributed by atoms with Crippen molar-refractivity contribution in [3.63, 3.8) is 0 Å². The highest BCUT2D eigenvalue weighted by molar-refractivity contribution is 7.07. The largest absolute Gasteiger partial charge is 0.388 e. The molecule has 1 amide bonds. The van der Waals surface area contributed by atoms with Crippen LogP contribution in [0.15, 0.2) is 10.2 Å². The zero-order valence-corrected chi connectivity index (χ0v) is 13.4. The lowest BCUT2D eigenvalue weighted by Gasteiger charge is -2.26. The minimum atomic E-state index is -0.749. The van der Waals surface area contributed by atoms with Crippen LogP contribution >= 0.6 is 11.3 Å². The molecule has 1 saturated carbocycles. The summed E-state index contributed by atoms with van der Waals surface area (Å²) in [6.07, 6.45) is 6.17. The maximum Gasteiger partial charge on any atom is 0.307 e. The number of carbonyl (C=O) groups is 1. The molecule has 1 aromatic rings. The second-order valence-corrected chi connectivity index (χ2v) is 6.78. The molecule has 118 valence electrons. The lowest BCUT2D eigenvalue weighted by atomic mass is 9.94. The van der Waals surface area contributed by atoms with Crippen molar-refractivity contribution in [1.29, 1.82) is 0 Å². The molecule has 1 fully saturated rings. The summed E-state index contributed by atoms with van der Waals surface area (Å²) in [5.74, 6) is -0.106. The van der Waals surface area contributed by atoms with Gasteiger partial charge in [0.1, 0.15) is 0 Å². The van der Waals surface area contributed by atoms with Gasteiger partial charge in [-0.2, -0.15) is 0 Å².